The van der Waals surface area contributed by atoms with E-state index in [0.717, 1.165) is 54.4 Å². The number of aromatic amines is 1. The first-order valence-electron chi connectivity index (χ1n) is 19.2. The maximum Gasteiger partial charge on any atom is 0.407 e. The van der Waals surface area contributed by atoms with Crippen LogP contribution in [0.4, 0.5) is 10.5 Å². The highest BCUT2D eigenvalue weighted by molar-refractivity contribution is 6.00. The fourth-order valence-corrected chi connectivity index (χ4v) is 7.23. The Bertz CT molecular complexity index is 2050. The molecule has 12 heteroatoms. The number of ether oxygens (including phenoxy) is 1. The third-order valence-electron chi connectivity index (χ3n) is 10.5. The van der Waals surface area contributed by atoms with E-state index in [9.17, 15) is 29.1 Å². The lowest BCUT2D eigenvalue weighted by molar-refractivity contribution is -0.130. The summed E-state index contributed by atoms with van der Waals surface area (Å²) in [4.78, 5) is 66.7. The van der Waals surface area contributed by atoms with Crippen LogP contribution >= 0.6 is 0 Å². The van der Waals surface area contributed by atoms with E-state index in [1.54, 1.807) is 18.2 Å². The van der Waals surface area contributed by atoms with Crippen LogP contribution in [0.15, 0.2) is 66.7 Å². The van der Waals surface area contributed by atoms with Gasteiger partial charge >= 0.3 is 12.1 Å². The molecule has 55 heavy (non-hydrogen) atoms. The van der Waals surface area contributed by atoms with Gasteiger partial charge in [-0.2, -0.15) is 0 Å². The van der Waals surface area contributed by atoms with Crippen molar-refractivity contribution in [3.8, 4) is 11.1 Å². The maximum atomic E-state index is 13.9. The number of rotatable bonds is 12. The van der Waals surface area contributed by atoms with E-state index in [2.05, 4.69) is 26.3 Å². The molecule has 0 radical (unpaired) electrons. The number of anilines is 1. The number of benzene rings is 3. The highest BCUT2D eigenvalue weighted by atomic mass is 16.6. The molecule has 0 saturated heterocycles. The minimum atomic E-state index is -1.08. The number of carboxylic acid groups (broad SMARTS) is 1. The summed E-state index contributed by atoms with van der Waals surface area (Å²) in [5, 5.41) is 22.0. The van der Waals surface area contributed by atoms with Crippen LogP contribution in [0.1, 0.15) is 97.7 Å². The molecule has 6 rings (SSSR count). The van der Waals surface area contributed by atoms with Crippen molar-refractivity contribution in [2.45, 2.75) is 96.7 Å². The summed E-state index contributed by atoms with van der Waals surface area (Å²) in [6.45, 7) is 7.91. The maximum absolute atomic E-state index is 13.9. The Kier molecular flexibility index (Phi) is 11.9. The molecule has 2 aliphatic rings. The number of aromatic carboxylic acids is 1. The number of hydrogen-bond donors (Lipinski definition) is 6. The van der Waals surface area contributed by atoms with Gasteiger partial charge in [0.1, 0.15) is 17.3 Å². The van der Waals surface area contributed by atoms with Crippen molar-refractivity contribution in [3.05, 3.63) is 89.1 Å². The third-order valence-corrected chi connectivity index (χ3v) is 10.5. The topological polar surface area (TPSA) is 179 Å². The molecule has 1 atom stereocenters. The van der Waals surface area contributed by atoms with E-state index >= 15 is 0 Å². The van der Waals surface area contributed by atoms with Gasteiger partial charge in [0.25, 0.3) is 5.91 Å². The van der Waals surface area contributed by atoms with Crippen molar-refractivity contribution < 1.29 is 33.8 Å². The van der Waals surface area contributed by atoms with Crippen LogP contribution in [0, 0.1) is 18.8 Å². The molecule has 290 valence electrons. The molecule has 0 aliphatic heterocycles. The largest absolute Gasteiger partial charge is 0.477 e. The molecule has 2 fully saturated rings. The molecule has 1 unspecified atom stereocenters. The summed E-state index contributed by atoms with van der Waals surface area (Å²) in [5.74, 6) is -1.78. The lowest BCUT2D eigenvalue weighted by Gasteiger charge is -2.29. The number of carbonyl (C=O) groups is 5. The SMILES string of the molecule is Cc1cc(C(=O)NC2CCC2)ccc1-c1ccc(CC(NC(=O)C2CCC(CNC(=O)OC(C)(C)C)CC2)C(=O)Nc2ccc3cc(C(=O)O)[nH]c3c2)cc1. The van der Waals surface area contributed by atoms with Crippen molar-refractivity contribution in [1.82, 2.24) is 20.9 Å². The van der Waals surface area contributed by atoms with E-state index in [1.807, 2.05) is 70.2 Å². The number of nitrogens with one attached hydrogen (secondary N) is 5. The Morgan fingerprint density at radius 1 is 0.891 bits per heavy atom. The Hall–Kier alpha value is -5.65. The molecule has 1 aromatic heterocycles. The zero-order valence-electron chi connectivity index (χ0n) is 31.9. The molecular formula is C43H51N5O7. The first kappa shape index (κ1) is 39.1. The smallest absolute Gasteiger partial charge is 0.407 e. The van der Waals surface area contributed by atoms with Gasteiger partial charge in [0.05, 0.1) is 0 Å². The van der Waals surface area contributed by atoms with Crippen molar-refractivity contribution in [1.29, 1.82) is 0 Å². The number of amides is 4. The van der Waals surface area contributed by atoms with Gasteiger partial charge in [-0.1, -0.05) is 36.4 Å². The number of aromatic nitrogens is 1. The van der Waals surface area contributed by atoms with Crippen LogP contribution in [-0.4, -0.2) is 64.1 Å². The highest BCUT2D eigenvalue weighted by Crippen LogP contribution is 2.30. The van der Waals surface area contributed by atoms with Gasteiger partial charge in [-0.15, -0.1) is 0 Å². The van der Waals surface area contributed by atoms with Crippen LogP contribution in [0.5, 0.6) is 0 Å². The Morgan fingerprint density at radius 3 is 2.25 bits per heavy atom. The van der Waals surface area contributed by atoms with E-state index < -0.39 is 29.6 Å². The molecule has 4 aromatic rings. The van der Waals surface area contributed by atoms with E-state index in [-0.39, 0.29) is 41.8 Å². The predicted octanol–water partition coefficient (Wildman–Crippen LogP) is 7.12. The fraction of sp³-hybridized carbons (Fsp3) is 0.419. The summed E-state index contributed by atoms with van der Waals surface area (Å²) in [6, 6.07) is 19.6. The zero-order valence-corrected chi connectivity index (χ0v) is 31.9. The highest BCUT2D eigenvalue weighted by Gasteiger charge is 2.30. The molecule has 1 heterocycles. The van der Waals surface area contributed by atoms with Crippen LogP contribution in [-0.2, 0) is 20.7 Å². The minimum absolute atomic E-state index is 0.0444. The second-order valence-corrected chi connectivity index (χ2v) is 16.0. The van der Waals surface area contributed by atoms with Crippen molar-refractivity contribution >= 4 is 46.4 Å². The van der Waals surface area contributed by atoms with Crippen molar-refractivity contribution in [3.63, 3.8) is 0 Å². The molecule has 0 bridgehead atoms. The van der Waals surface area contributed by atoms with Gasteiger partial charge in [0.2, 0.25) is 11.8 Å². The average molecular weight is 750 g/mol. The number of H-pyrrole nitrogens is 1. The summed E-state index contributed by atoms with van der Waals surface area (Å²) >= 11 is 0. The van der Waals surface area contributed by atoms with Gasteiger partial charge in [-0.05, 0) is 131 Å². The summed E-state index contributed by atoms with van der Waals surface area (Å²) in [7, 11) is 0. The predicted molar refractivity (Wildman–Crippen MR) is 211 cm³/mol. The standard InChI is InChI=1S/C43H51N5O7/c1-25-20-31(39(50)45-32-6-5-7-32)17-19-34(25)28-12-8-26(9-13-28)21-36(40(51)46-33-18-16-30-22-37(41(52)53)47-35(30)23-33)48-38(49)29-14-10-27(11-15-29)24-44-42(54)55-43(2,3)4/h8-9,12-13,16-20,22-23,27,29,32,36,47H,5-7,10-11,14-15,21,24H2,1-4H3,(H,44,54)(H,45,50)(H,46,51)(H,48,49)(H,52,53). The number of fused-ring (bicyclic) bond motifs is 1. The van der Waals surface area contributed by atoms with Crippen LogP contribution < -0.4 is 21.3 Å². The van der Waals surface area contributed by atoms with Gasteiger partial charge in [-0.25, -0.2) is 9.59 Å². The van der Waals surface area contributed by atoms with Crippen LogP contribution in [0.3, 0.4) is 0 Å². The lowest BCUT2D eigenvalue weighted by Crippen LogP contribution is -2.48. The normalized spacial score (nSPS) is 17.7. The van der Waals surface area contributed by atoms with Gasteiger partial charge < -0.3 is 36.1 Å². The number of carboxylic acids is 1. The molecule has 12 nitrogen and oxygen atoms in total. The first-order valence-corrected chi connectivity index (χ1v) is 19.2. The summed E-state index contributed by atoms with van der Waals surface area (Å²) in [6.07, 6.45) is 5.75. The molecule has 6 N–H and O–H groups in total. The molecule has 4 amide bonds. The molecule has 0 spiro atoms. The Morgan fingerprint density at radius 2 is 1.62 bits per heavy atom. The molecule has 3 aromatic carbocycles. The monoisotopic (exact) mass is 749 g/mol. The van der Waals surface area contributed by atoms with E-state index in [0.29, 0.717) is 41.5 Å². The quantitative estimate of drug-likeness (QED) is 0.0893. The Labute approximate surface area is 321 Å². The fourth-order valence-electron chi connectivity index (χ4n) is 7.23. The first-order chi connectivity index (χ1) is 26.2. The number of carbonyl (C=O) groups excluding carboxylic acids is 4. The van der Waals surface area contributed by atoms with Crippen LogP contribution in [0.2, 0.25) is 0 Å². The lowest BCUT2D eigenvalue weighted by atomic mass is 9.81. The Balaban J connectivity index is 1.13. The van der Waals surface area contributed by atoms with Crippen molar-refractivity contribution in [2.75, 3.05) is 11.9 Å². The number of hydrogen-bond acceptors (Lipinski definition) is 6. The van der Waals surface area contributed by atoms with E-state index in [1.165, 1.54) is 6.07 Å². The van der Waals surface area contributed by atoms with Crippen molar-refractivity contribution in [2.24, 2.45) is 11.8 Å². The second-order valence-electron chi connectivity index (χ2n) is 16.0. The van der Waals surface area contributed by atoms with Gasteiger partial charge in [-0.3, -0.25) is 14.4 Å². The summed E-state index contributed by atoms with van der Waals surface area (Å²) in [5.41, 5.74) is 4.91. The molecule has 2 aliphatic carbocycles. The third kappa shape index (κ3) is 10.3. The molecular weight excluding hydrogens is 699 g/mol. The van der Waals surface area contributed by atoms with Gasteiger partial charge in [0.15, 0.2) is 0 Å². The molecule has 2 saturated carbocycles. The zero-order chi connectivity index (χ0) is 39.3. The van der Waals surface area contributed by atoms with Gasteiger partial charge in [0, 0.05) is 47.1 Å². The number of alkyl carbamates (subject to hydrolysis) is 1. The minimum Gasteiger partial charge on any atom is -0.477 e. The second kappa shape index (κ2) is 16.8. The number of aryl methyl sites for hydroxylation is 1. The summed E-state index contributed by atoms with van der Waals surface area (Å²) < 4.78 is 5.35. The van der Waals surface area contributed by atoms with E-state index in [4.69, 9.17) is 4.74 Å². The van der Waals surface area contributed by atoms with Crippen LogP contribution in [0.25, 0.3) is 22.0 Å². The average Bonchev–Trinajstić information content (AvgIpc) is 3.56.